The van der Waals surface area contributed by atoms with E-state index in [1.807, 2.05) is 13.8 Å². The summed E-state index contributed by atoms with van der Waals surface area (Å²) >= 11 is 6.02. The van der Waals surface area contributed by atoms with Crippen molar-refractivity contribution in [3.63, 3.8) is 0 Å². The summed E-state index contributed by atoms with van der Waals surface area (Å²) in [5, 5.41) is 3.36. The maximum atomic E-state index is 13.8. The van der Waals surface area contributed by atoms with Crippen molar-refractivity contribution in [3.8, 4) is 0 Å². The van der Waals surface area contributed by atoms with E-state index in [-0.39, 0.29) is 23.0 Å². The van der Waals surface area contributed by atoms with Crippen LogP contribution in [0.5, 0.6) is 0 Å². The van der Waals surface area contributed by atoms with Crippen LogP contribution in [0.25, 0.3) is 0 Å². The Balaban J connectivity index is 1.98. The molecular weight excluding hydrogens is 541 g/mol. The van der Waals surface area contributed by atoms with Crippen molar-refractivity contribution in [1.29, 1.82) is 0 Å². The van der Waals surface area contributed by atoms with Crippen molar-refractivity contribution in [1.82, 2.24) is 10.2 Å². The molecule has 0 aliphatic carbocycles. The Morgan fingerprint density at radius 1 is 0.974 bits per heavy atom. The van der Waals surface area contributed by atoms with Gasteiger partial charge in [-0.15, -0.1) is 0 Å². The first-order valence-corrected chi connectivity index (χ1v) is 14.5. The van der Waals surface area contributed by atoms with E-state index in [9.17, 15) is 22.4 Å². The fraction of sp³-hybridized carbons (Fsp3) is 0.310. The van der Waals surface area contributed by atoms with Gasteiger partial charge >= 0.3 is 0 Å². The van der Waals surface area contributed by atoms with Crippen molar-refractivity contribution in [2.75, 3.05) is 17.4 Å². The molecule has 208 valence electrons. The van der Waals surface area contributed by atoms with Crippen LogP contribution in [-0.2, 0) is 26.2 Å². The fourth-order valence-electron chi connectivity index (χ4n) is 3.88. The molecule has 0 unspecified atom stereocenters. The summed E-state index contributed by atoms with van der Waals surface area (Å²) in [4.78, 5) is 28.1. The maximum Gasteiger partial charge on any atom is 0.264 e. The van der Waals surface area contributed by atoms with Crippen LogP contribution in [-0.4, -0.2) is 44.3 Å². The number of rotatable bonds is 12. The number of benzene rings is 3. The molecule has 0 radical (unpaired) electrons. The van der Waals surface area contributed by atoms with Gasteiger partial charge in [0.2, 0.25) is 11.8 Å². The number of carbonyl (C=O) groups excluding carboxylic acids is 2. The van der Waals surface area contributed by atoms with Gasteiger partial charge in [0.1, 0.15) is 18.4 Å². The smallest absolute Gasteiger partial charge is 0.264 e. The topological polar surface area (TPSA) is 86.8 Å². The van der Waals surface area contributed by atoms with Gasteiger partial charge < -0.3 is 10.2 Å². The fourth-order valence-corrected chi connectivity index (χ4v) is 5.42. The maximum absolute atomic E-state index is 13.8. The lowest BCUT2D eigenvalue weighted by atomic mass is 10.1. The quantitative estimate of drug-likeness (QED) is 0.297. The highest BCUT2D eigenvalue weighted by molar-refractivity contribution is 7.92. The van der Waals surface area contributed by atoms with Crippen LogP contribution in [0.3, 0.4) is 0 Å². The van der Waals surface area contributed by atoms with E-state index < -0.39 is 34.3 Å². The summed E-state index contributed by atoms with van der Waals surface area (Å²) < 4.78 is 42.1. The van der Waals surface area contributed by atoms with E-state index in [0.717, 1.165) is 40.4 Å². The lowest BCUT2D eigenvalue weighted by Crippen LogP contribution is -2.51. The summed E-state index contributed by atoms with van der Waals surface area (Å²) in [6, 6.07) is 17.1. The Labute approximate surface area is 234 Å². The third-order valence-electron chi connectivity index (χ3n) is 6.27. The average Bonchev–Trinajstić information content (AvgIpc) is 2.91. The average molecular weight is 574 g/mol. The van der Waals surface area contributed by atoms with Gasteiger partial charge in [-0.25, -0.2) is 12.8 Å². The predicted octanol–water partition coefficient (Wildman–Crippen LogP) is 5.32. The number of hydrogen-bond donors (Lipinski definition) is 1. The van der Waals surface area contributed by atoms with Gasteiger partial charge in [0.25, 0.3) is 10.0 Å². The third-order valence-corrected chi connectivity index (χ3v) is 8.31. The number of unbranched alkanes of at least 4 members (excludes halogenated alkanes) is 1. The molecule has 1 N–H and O–H groups in total. The van der Waals surface area contributed by atoms with Gasteiger partial charge in [-0.05, 0) is 74.4 Å². The summed E-state index contributed by atoms with van der Waals surface area (Å²) in [5.41, 5.74) is 1.71. The van der Waals surface area contributed by atoms with Crippen molar-refractivity contribution >= 4 is 39.1 Å². The zero-order chi connectivity index (χ0) is 28.6. The molecule has 0 aliphatic heterocycles. The number of halogens is 2. The Hall–Kier alpha value is -3.43. The molecule has 0 aromatic heterocycles. The van der Waals surface area contributed by atoms with Gasteiger partial charge in [-0.3, -0.25) is 13.9 Å². The monoisotopic (exact) mass is 573 g/mol. The molecule has 0 saturated carbocycles. The number of carbonyl (C=O) groups is 2. The second-order valence-corrected chi connectivity index (χ2v) is 11.6. The molecule has 0 bridgehead atoms. The minimum atomic E-state index is -4.21. The zero-order valence-corrected chi connectivity index (χ0v) is 23.8. The second-order valence-electron chi connectivity index (χ2n) is 9.27. The number of nitrogens with zero attached hydrogens (tertiary/aromatic N) is 2. The van der Waals surface area contributed by atoms with Gasteiger partial charge in [-0.2, -0.15) is 0 Å². The first kappa shape index (κ1) is 30.1. The predicted molar refractivity (Wildman–Crippen MR) is 151 cm³/mol. The van der Waals surface area contributed by atoms with Gasteiger partial charge in [-0.1, -0.05) is 54.8 Å². The highest BCUT2D eigenvalue weighted by atomic mass is 35.5. The minimum absolute atomic E-state index is 0.0140. The van der Waals surface area contributed by atoms with Crippen molar-refractivity contribution in [3.05, 3.63) is 94.8 Å². The van der Waals surface area contributed by atoms with Crippen LogP contribution in [0.15, 0.2) is 77.7 Å². The standard InChI is InChI=1S/C29H33ClFN3O4S/c1-4-5-18-32-29(36)22(3)33(19-23-8-10-24(30)11-9-23)28(35)20-34(26-14-12-25(31)13-15-26)39(37,38)27-16-6-21(2)7-17-27/h6-17,22H,4-5,18-20H2,1-3H3,(H,32,36)/t22-/m1/s1. The molecule has 1 atom stereocenters. The van der Waals surface area contributed by atoms with Crippen LogP contribution in [0, 0.1) is 12.7 Å². The molecule has 3 aromatic rings. The number of hydrogen-bond acceptors (Lipinski definition) is 4. The number of nitrogens with one attached hydrogen (secondary N) is 1. The zero-order valence-electron chi connectivity index (χ0n) is 22.2. The normalized spacial score (nSPS) is 12.0. The number of amides is 2. The molecule has 39 heavy (non-hydrogen) atoms. The minimum Gasteiger partial charge on any atom is -0.354 e. The second kappa shape index (κ2) is 13.6. The van der Waals surface area contributed by atoms with Crippen LogP contribution >= 0.6 is 11.6 Å². The summed E-state index contributed by atoms with van der Waals surface area (Å²) in [6.07, 6.45) is 1.68. The van der Waals surface area contributed by atoms with Crippen molar-refractivity contribution in [2.24, 2.45) is 0 Å². The van der Waals surface area contributed by atoms with Crippen LogP contribution in [0.1, 0.15) is 37.8 Å². The van der Waals surface area contributed by atoms with Crippen molar-refractivity contribution < 1.29 is 22.4 Å². The molecule has 0 saturated heterocycles. The Morgan fingerprint density at radius 2 is 1.59 bits per heavy atom. The molecule has 0 aliphatic rings. The molecule has 3 aromatic carbocycles. The van der Waals surface area contributed by atoms with E-state index in [4.69, 9.17) is 11.6 Å². The number of anilines is 1. The first-order chi connectivity index (χ1) is 18.5. The van der Waals surface area contributed by atoms with Gasteiger partial charge in [0.15, 0.2) is 0 Å². The lowest BCUT2D eigenvalue weighted by Gasteiger charge is -2.32. The Bertz CT molecular complexity index is 1370. The highest BCUT2D eigenvalue weighted by Crippen LogP contribution is 2.25. The molecule has 0 heterocycles. The molecule has 7 nitrogen and oxygen atoms in total. The summed E-state index contributed by atoms with van der Waals surface area (Å²) in [6.45, 7) is 5.36. The Kier molecular flexibility index (Phi) is 10.5. The lowest BCUT2D eigenvalue weighted by molar-refractivity contribution is -0.139. The highest BCUT2D eigenvalue weighted by Gasteiger charge is 2.32. The third kappa shape index (κ3) is 8.03. The van der Waals surface area contributed by atoms with E-state index in [1.54, 1.807) is 43.3 Å². The first-order valence-electron chi connectivity index (χ1n) is 12.7. The molecule has 10 heteroatoms. The van der Waals surface area contributed by atoms with Crippen LogP contribution in [0.4, 0.5) is 10.1 Å². The summed E-state index contributed by atoms with van der Waals surface area (Å²) in [5.74, 6) is -1.48. The largest absolute Gasteiger partial charge is 0.354 e. The van der Waals surface area contributed by atoms with E-state index in [2.05, 4.69) is 5.32 Å². The Morgan fingerprint density at radius 3 is 2.18 bits per heavy atom. The van der Waals surface area contributed by atoms with Gasteiger partial charge in [0, 0.05) is 18.1 Å². The molecule has 0 spiro atoms. The van der Waals surface area contributed by atoms with E-state index in [0.29, 0.717) is 11.6 Å². The number of aryl methyl sites for hydroxylation is 1. The van der Waals surface area contributed by atoms with E-state index in [1.165, 1.54) is 29.2 Å². The summed E-state index contributed by atoms with van der Waals surface area (Å²) in [7, 11) is -4.21. The van der Waals surface area contributed by atoms with Crippen LogP contribution in [0.2, 0.25) is 5.02 Å². The molecular formula is C29H33ClFN3O4S. The van der Waals surface area contributed by atoms with Crippen LogP contribution < -0.4 is 9.62 Å². The van der Waals surface area contributed by atoms with Gasteiger partial charge in [0.05, 0.1) is 10.6 Å². The molecule has 3 rings (SSSR count). The SMILES string of the molecule is CCCCNC(=O)[C@@H](C)N(Cc1ccc(Cl)cc1)C(=O)CN(c1ccc(F)cc1)S(=O)(=O)c1ccc(C)cc1. The van der Waals surface area contributed by atoms with E-state index >= 15 is 0 Å². The van der Waals surface area contributed by atoms with Crippen molar-refractivity contribution in [2.45, 2.75) is 51.1 Å². The number of sulfonamides is 1. The molecule has 0 fully saturated rings. The molecule has 2 amide bonds.